The molecule has 2 aliphatic carbocycles. The molecule has 2 aromatic rings. The van der Waals surface area contributed by atoms with Crippen molar-refractivity contribution in [1.29, 1.82) is 0 Å². The van der Waals surface area contributed by atoms with Gasteiger partial charge in [0.05, 0.1) is 17.9 Å². The van der Waals surface area contributed by atoms with Gasteiger partial charge in [0, 0.05) is 30.1 Å². The van der Waals surface area contributed by atoms with Crippen molar-refractivity contribution in [3.05, 3.63) is 53.5 Å². The second kappa shape index (κ2) is 9.70. The molecule has 3 N–H and O–H groups in total. The summed E-state index contributed by atoms with van der Waals surface area (Å²) in [5, 5.41) is 13.9. The molecule has 2 saturated carbocycles. The van der Waals surface area contributed by atoms with Crippen LogP contribution < -0.4 is 10.6 Å². The zero-order valence-corrected chi connectivity index (χ0v) is 21.2. The van der Waals surface area contributed by atoms with Crippen LogP contribution in [-0.2, 0) is 14.4 Å². The number of carbonyl (C=O) groups excluding carboxylic acids is 3. The van der Waals surface area contributed by atoms with Crippen molar-refractivity contribution in [2.45, 2.75) is 57.5 Å². The molecule has 0 radical (unpaired) electrons. The summed E-state index contributed by atoms with van der Waals surface area (Å²) in [6.07, 6.45) is 3.46. The molecule has 1 aromatic carbocycles. The number of rotatable bonds is 5. The van der Waals surface area contributed by atoms with Crippen LogP contribution in [0, 0.1) is 11.2 Å². The van der Waals surface area contributed by atoms with E-state index in [0.717, 1.165) is 25.7 Å². The van der Waals surface area contributed by atoms with E-state index in [9.17, 15) is 23.6 Å². The van der Waals surface area contributed by atoms with Gasteiger partial charge in [-0.25, -0.2) is 14.2 Å². The number of anilines is 2. The number of carboxylic acid groups (broad SMARTS) is 1. The van der Waals surface area contributed by atoms with E-state index in [1.54, 1.807) is 23.1 Å². The van der Waals surface area contributed by atoms with Crippen molar-refractivity contribution in [3.8, 4) is 0 Å². The van der Waals surface area contributed by atoms with Crippen LogP contribution in [0.4, 0.5) is 20.7 Å². The topological polar surface area (TPSA) is 132 Å². The number of halogens is 1. The first-order valence-corrected chi connectivity index (χ1v) is 12.7. The Morgan fingerprint density at radius 1 is 1.05 bits per heavy atom. The molecular weight excluding hydrogens is 493 g/mol. The summed E-state index contributed by atoms with van der Waals surface area (Å²) in [6.45, 7) is 4.12. The number of benzene rings is 1. The van der Waals surface area contributed by atoms with Crippen molar-refractivity contribution in [3.63, 3.8) is 0 Å². The average molecular weight is 524 g/mol. The van der Waals surface area contributed by atoms with E-state index in [4.69, 9.17) is 5.11 Å². The second-order valence-corrected chi connectivity index (χ2v) is 10.7. The molecule has 11 heteroatoms. The molecule has 2 heterocycles. The maximum atomic E-state index is 13.7. The molecule has 1 aromatic heterocycles. The highest BCUT2D eigenvalue weighted by atomic mass is 19.1. The van der Waals surface area contributed by atoms with E-state index in [1.807, 2.05) is 13.8 Å². The third-order valence-electron chi connectivity index (χ3n) is 7.64. The fourth-order valence-electron chi connectivity index (χ4n) is 4.98. The Kier molecular flexibility index (Phi) is 6.54. The molecular formula is C27H30FN5O5. The zero-order chi connectivity index (χ0) is 27.2. The lowest BCUT2D eigenvalue weighted by Gasteiger charge is -2.46. The van der Waals surface area contributed by atoms with Gasteiger partial charge < -0.3 is 20.2 Å². The summed E-state index contributed by atoms with van der Waals surface area (Å²) < 4.78 is 13.7. The fraction of sp³-hybridized carbons (Fsp3) is 0.444. The van der Waals surface area contributed by atoms with Crippen LogP contribution in [0.15, 0.2) is 36.5 Å². The van der Waals surface area contributed by atoms with Crippen LogP contribution in [0.5, 0.6) is 0 Å². The van der Waals surface area contributed by atoms with E-state index < -0.39 is 29.8 Å². The van der Waals surface area contributed by atoms with Crippen molar-refractivity contribution >= 4 is 35.3 Å². The number of pyridine rings is 1. The number of nitrogens with zero attached hydrogens (tertiary/aromatic N) is 3. The monoisotopic (exact) mass is 523 g/mol. The zero-order valence-electron chi connectivity index (χ0n) is 21.2. The SMILES string of the molecule is C[C@@H]1CN(C(=O)C(=O)Nc2cnc(NC(=O)O)c(C3CC3)c2)[C@@H](c2ccc(F)cc2)CN1C(=O)C1(C)CC1. The van der Waals surface area contributed by atoms with Gasteiger partial charge in [0.1, 0.15) is 11.6 Å². The van der Waals surface area contributed by atoms with Crippen LogP contribution in [0.2, 0.25) is 0 Å². The quantitative estimate of drug-likeness (QED) is 0.512. The van der Waals surface area contributed by atoms with Gasteiger partial charge in [-0.3, -0.25) is 19.7 Å². The number of piperazine rings is 1. The molecule has 3 aliphatic rings. The summed E-state index contributed by atoms with van der Waals surface area (Å²) in [6, 6.07) is 6.42. The predicted octanol–water partition coefficient (Wildman–Crippen LogP) is 3.73. The van der Waals surface area contributed by atoms with Crippen molar-refractivity contribution in [2.75, 3.05) is 23.7 Å². The number of hydrogen-bond donors (Lipinski definition) is 3. The molecule has 5 rings (SSSR count). The van der Waals surface area contributed by atoms with Gasteiger partial charge in [-0.05, 0) is 62.3 Å². The first kappa shape index (κ1) is 25.6. The van der Waals surface area contributed by atoms with Gasteiger partial charge in [0.25, 0.3) is 0 Å². The molecule has 1 aliphatic heterocycles. The van der Waals surface area contributed by atoms with Crippen LogP contribution in [-0.4, -0.2) is 62.8 Å². The van der Waals surface area contributed by atoms with E-state index in [0.29, 0.717) is 11.1 Å². The molecule has 10 nitrogen and oxygen atoms in total. The van der Waals surface area contributed by atoms with Gasteiger partial charge in [-0.15, -0.1) is 0 Å². The van der Waals surface area contributed by atoms with Crippen molar-refractivity contribution in [1.82, 2.24) is 14.8 Å². The average Bonchev–Trinajstić information content (AvgIpc) is 3.81. The Morgan fingerprint density at radius 3 is 2.34 bits per heavy atom. The molecule has 38 heavy (non-hydrogen) atoms. The van der Waals surface area contributed by atoms with E-state index >= 15 is 0 Å². The summed E-state index contributed by atoms with van der Waals surface area (Å²) in [7, 11) is 0. The lowest BCUT2D eigenvalue weighted by atomic mass is 9.97. The fourth-order valence-corrected chi connectivity index (χ4v) is 4.98. The molecule has 0 bridgehead atoms. The van der Waals surface area contributed by atoms with Crippen molar-refractivity contribution < 1.29 is 28.7 Å². The molecule has 3 fully saturated rings. The molecule has 1 saturated heterocycles. The van der Waals surface area contributed by atoms with E-state index in [1.165, 1.54) is 23.2 Å². The smallest absolute Gasteiger partial charge is 0.410 e. The standard InChI is InChI=1S/C27H30FN5O5/c1-15-13-33(21(17-5-7-18(28)8-6-17)14-32(15)25(36)27(2)9-10-27)24(35)23(34)30-19-11-20(16-3-4-16)22(29-12-19)31-26(37)38/h5-8,11-12,15-16,21H,3-4,9-10,13-14H2,1-2H3,(H,29,31)(H,30,34)(H,37,38)/t15-,21-/m1/s1. The third-order valence-corrected chi connectivity index (χ3v) is 7.64. The Hall–Kier alpha value is -4.02. The number of hydrogen-bond acceptors (Lipinski definition) is 5. The van der Waals surface area contributed by atoms with Gasteiger partial charge in [0.2, 0.25) is 5.91 Å². The maximum absolute atomic E-state index is 13.7. The molecule has 200 valence electrons. The largest absolute Gasteiger partial charge is 0.465 e. The van der Waals surface area contributed by atoms with Gasteiger partial charge in [0.15, 0.2) is 0 Å². The minimum absolute atomic E-state index is 0.0300. The second-order valence-electron chi connectivity index (χ2n) is 10.7. The molecule has 2 atom stereocenters. The summed E-state index contributed by atoms with van der Waals surface area (Å²) in [5.41, 5.74) is 1.18. The van der Waals surface area contributed by atoms with Gasteiger partial charge >= 0.3 is 17.9 Å². The number of amides is 4. The number of carbonyl (C=O) groups is 4. The highest BCUT2D eigenvalue weighted by molar-refractivity contribution is 6.39. The third kappa shape index (κ3) is 5.18. The highest BCUT2D eigenvalue weighted by Gasteiger charge is 2.50. The lowest BCUT2D eigenvalue weighted by molar-refractivity contribution is -0.153. The number of nitrogens with one attached hydrogen (secondary N) is 2. The minimum atomic E-state index is -1.24. The van der Waals surface area contributed by atoms with E-state index in [-0.39, 0.29) is 47.9 Å². The van der Waals surface area contributed by atoms with Crippen molar-refractivity contribution in [2.24, 2.45) is 5.41 Å². The molecule has 0 unspecified atom stereocenters. The predicted molar refractivity (Wildman–Crippen MR) is 136 cm³/mol. The Bertz CT molecular complexity index is 1290. The Labute approximate surface area is 219 Å². The van der Waals surface area contributed by atoms with Gasteiger partial charge in [-0.1, -0.05) is 19.1 Å². The summed E-state index contributed by atoms with van der Waals surface area (Å²) >= 11 is 0. The molecule has 0 spiro atoms. The maximum Gasteiger partial charge on any atom is 0.410 e. The van der Waals surface area contributed by atoms with Crippen LogP contribution >= 0.6 is 0 Å². The highest BCUT2D eigenvalue weighted by Crippen LogP contribution is 2.48. The molecule has 4 amide bonds. The number of aromatic nitrogens is 1. The Balaban J connectivity index is 1.37. The summed E-state index contributed by atoms with van der Waals surface area (Å²) in [4.78, 5) is 58.2. The van der Waals surface area contributed by atoms with Gasteiger partial charge in [-0.2, -0.15) is 0 Å². The Morgan fingerprint density at radius 2 is 1.74 bits per heavy atom. The van der Waals surface area contributed by atoms with Crippen LogP contribution in [0.25, 0.3) is 0 Å². The minimum Gasteiger partial charge on any atom is -0.465 e. The summed E-state index contributed by atoms with van der Waals surface area (Å²) in [5.74, 6) is -1.70. The normalized spacial score (nSPS) is 22.0. The first-order chi connectivity index (χ1) is 18.1. The van der Waals surface area contributed by atoms with E-state index in [2.05, 4.69) is 15.6 Å². The van der Waals surface area contributed by atoms with Crippen LogP contribution in [0.1, 0.15) is 62.6 Å². The first-order valence-electron chi connectivity index (χ1n) is 12.7. The van der Waals surface area contributed by atoms with Crippen LogP contribution in [0.3, 0.4) is 0 Å². The lowest BCUT2D eigenvalue weighted by Crippen LogP contribution is -2.59.